The van der Waals surface area contributed by atoms with E-state index in [1.165, 1.54) is 0 Å². The maximum atomic E-state index is 5.38. The molecule has 0 fully saturated rings. The summed E-state index contributed by atoms with van der Waals surface area (Å²) in [6.45, 7) is 0.539. The predicted molar refractivity (Wildman–Crippen MR) is 66.0 cm³/mol. The van der Waals surface area contributed by atoms with Crippen LogP contribution in [0.1, 0.15) is 5.56 Å². The summed E-state index contributed by atoms with van der Waals surface area (Å²) in [5.74, 6) is 0. The molecule has 1 aromatic rings. The van der Waals surface area contributed by atoms with E-state index in [2.05, 4.69) is 5.32 Å². The molecule has 1 rings (SSSR count). The first kappa shape index (κ1) is 15.3. The zero-order chi connectivity index (χ0) is 12.2. The molecule has 1 N–H and O–H groups in total. The molecule has 16 heavy (non-hydrogen) atoms. The fraction of sp³-hybridized carbons (Fsp3) is 0.455. The molecule has 0 unspecified atom stereocenters. The number of hydrogen-bond acceptors (Lipinski definition) is 4. The fourth-order valence-electron chi connectivity index (χ4n) is 0.918. The normalized spacial score (nSPS) is 9.81. The maximum Gasteiger partial charge on any atom is 0.577 e. The third-order valence-corrected chi connectivity index (χ3v) is 2.58. The van der Waals surface area contributed by atoms with Gasteiger partial charge in [0.25, 0.3) is 0 Å². The van der Waals surface area contributed by atoms with Crippen molar-refractivity contribution in [1.82, 2.24) is 5.32 Å². The molecule has 0 atom stereocenters. The minimum atomic E-state index is -1.52. The molecule has 1 radical (unpaired) electrons. The van der Waals surface area contributed by atoms with E-state index in [1.807, 2.05) is 44.4 Å². The van der Waals surface area contributed by atoms with Crippen LogP contribution in [0.4, 0.5) is 0 Å². The van der Waals surface area contributed by atoms with Crippen LogP contribution in [-0.2, 0) is 19.9 Å². The highest BCUT2D eigenvalue weighted by molar-refractivity contribution is 6.36. The number of nitrogens with one attached hydrogen (secondary N) is 1. The zero-order valence-corrected chi connectivity index (χ0v) is 11.3. The monoisotopic (exact) mass is 242 g/mol. The Balaban J connectivity index is 0.000000673. The lowest BCUT2D eigenvalue weighted by molar-refractivity contribution is 0.128. The lowest BCUT2D eigenvalue weighted by atomic mass is 10.2. The van der Waals surface area contributed by atoms with Crippen LogP contribution in [0.15, 0.2) is 30.3 Å². The van der Waals surface area contributed by atoms with Gasteiger partial charge in [0, 0.05) is 14.2 Å². The average Bonchev–Trinajstić information content (AvgIpc) is 2.33. The highest BCUT2D eigenvalue weighted by Crippen LogP contribution is 2.01. The smallest absolute Gasteiger partial charge is 0.375 e. The Bertz CT molecular complexity index is 242. The maximum absolute atomic E-state index is 5.38. The summed E-state index contributed by atoms with van der Waals surface area (Å²) in [5.41, 5.74) is 1.12. The van der Waals surface area contributed by atoms with Crippen molar-refractivity contribution < 1.29 is 13.3 Å². The van der Waals surface area contributed by atoms with Gasteiger partial charge in [0.1, 0.15) is 0 Å². The molecule has 0 saturated heterocycles. The van der Waals surface area contributed by atoms with E-state index in [0.717, 1.165) is 5.56 Å². The minimum absolute atomic E-state index is 0.539. The van der Waals surface area contributed by atoms with E-state index in [4.69, 9.17) is 13.3 Å². The summed E-state index contributed by atoms with van der Waals surface area (Å²) in [7, 11) is 5.40. The van der Waals surface area contributed by atoms with Gasteiger partial charge in [0.05, 0.1) is 6.61 Å². The lowest BCUT2D eigenvalue weighted by Crippen LogP contribution is -2.23. The van der Waals surface area contributed by atoms with Crippen molar-refractivity contribution in [2.24, 2.45) is 0 Å². The topological polar surface area (TPSA) is 39.7 Å². The van der Waals surface area contributed by atoms with Gasteiger partial charge in [0.2, 0.25) is 0 Å². The van der Waals surface area contributed by atoms with Crippen LogP contribution in [0.5, 0.6) is 0 Å². The van der Waals surface area contributed by atoms with Crippen molar-refractivity contribution in [2.45, 2.75) is 6.61 Å². The van der Waals surface area contributed by atoms with Gasteiger partial charge in [-0.1, -0.05) is 30.3 Å². The van der Waals surface area contributed by atoms with Gasteiger partial charge in [-0.05, 0) is 19.7 Å². The van der Waals surface area contributed by atoms with E-state index >= 15 is 0 Å². The Morgan fingerprint density at radius 3 is 2.00 bits per heavy atom. The third kappa shape index (κ3) is 7.55. The van der Waals surface area contributed by atoms with Gasteiger partial charge >= 0.3 is 9.53 Å². The van der Waals surface area contributed by atoms with Gasteiger partial charge in [0.15, 0.2) is 0 Å². The molecule has 0 bridgehead atoms. The van der Waals surface area contributed by atoms with Crippen LogP contribution in [0.25, 0.3) is 0 Å². The minimum Gasteiger partial charge on any atom is -0.375 e. The summed E-state index contributed by atoms with van der Waals surface area (Å²) in [5, 5.41) is 2.75. The second-order valence-electron chi connectivity index (χ2n) is 2.93. The molecular weight excluding hydrogens is 222 g/mol. The molecule has 0 aromatic heterocycles. The first-order chi connectivity index (χ1) is 7.78. The fourth-order valence-corrected chi connectivity index (χ4v) is 1.60. The van der Waals surface area contributed by atoms with Crippen LogP contribution in [0.3, 0.4) is 0 Å². The molecule has 0 spiro atoms. The van der Waals surface area contributed by atoms with Crippen LogP contribution in [-0.4, -0.2) is 37.8 Å². The van der Waals surface area contributed by atoms with E-state index in [1.54, 1.807) is 14.2 Å². The van der Waals surface area contributed by atoms with Gasteiger partial charge < -0.3 is 18.6 Å². The third-order valence-electron chi connectivity index (χ3n) is 1.53. The standard InChI is InChI=1S/C9H13O3Si.C2H7N/c1-10-13(11-2)12-8-9-6-4-3-5-7-9;1-3-2/h3-7H,8H2,1-2H3;3H,1-2H3. The molecule has 5 heteroatoms. The second-order valence-corrected chi connectivity index (χ2v) is 4.54. The second kappa shape index (κ2) is 10.8. The first-order valence-electron chi connectivity index (χ1n) is 4.98. The zero-order valence-electron chi connectivity index (χ0n) is 10.3. The molecule has 0 aliphatic heterocycles. The van der Waals surface area contributed by atoms with Crippen molar-refractivity contribution in [2.75, 3.05) is 28.3 Å². The van der Waals surface area contributed by atoms with Crippen LogP contribution in [0, 0.1) is 0 Å². The Morgan fingerprint density at radius 2 is 1.56 bits per heavy atom. The summed E-state index contributed by atoms with van der Waals surface area (Å²) in [6, 6.07) is 9.94. The molecule has 0 amide bonds. The number of hydrogen-bond donors (Lipinski definition) is 1. The van der Waals surface area contributed by atoms with Gasteiger partial charge in [-0.2, -0.15) is 0 Å². The van der Waals surface area contributed by atoms with Crippen molar-refractivity contribution in [1.29, 1.82) is 0 Å². The van der Waals surface area contributed by atoms with Crippen molar-refractivity contribution in [3.05, 3.63) is 35.9 Å². The first-order valence-corrected chi connectivity index (χ1v) is 6.21. The highest BCUT2D eigenvalue weighted by Gasteiger charge is 2.14. The highest BCUT2D eigenvalue weighted by atomic mass is 28.3. The SMILES string of the molecule is CNC.CO[Si](OC)OCc1ccccc1. The van der Waals surface area contributed by atoms with Gasteiger partial charge in [-0.3, -0.25) is 0 Å². The Labute approximate surface area is 99.5 Å². The Hall–Kier alpha value is -0.723. The number of rotatable bonds is 5. The van der Waals surface area contributed by atoms with E-state index in [0.29, 0.717) is 6.61 Å². The predicted octanol–water partition coefficient (Wildman–Crippen LogP) is 1.32. The van der Waals surface area contributed by atoms with Crippen molar-refractivity contribution >= 4 is 9.53 Å². The molecule has 1 aromatic carbocycles. The molecule has 0 saturated carbocycles. The van der Waals surface area contributed by atoms with Crippen molar-refractivity contribution in [3.63, 3.8) is 0 Å². The van der Waals surface area contributed by atoms with E-state index in [-0.39, 0.29) is 0 Å². The number of benzene rings is 1. The summed E-state index contributed by atoms with van der Waals surface area (Å²) < 4.78 is 15.3. The molecule has 0 aliphatic carbocycles. The molecule has 4 nitrogen and oxygen atoms in total. The lowest BCUT2D eigenvalue weighted by Gasteiger charge is -2.08. The largest absolute Gasteiger partial charge is 0.577 e. The molecule has 0 aliphatic rings. The van der Waals surface area contributed by atoms with E-state index in [9.17, 15) is 0 Å². The summed E-state index contributed by atoms with van der Waals surface area (Å²) in [6.07, 6.45) is 0. The van der Waals surface area contributed by atoms with Crippen LogP contribution >= 0.6 is 0 Å². The average molecular weight is 242 g/mol. The Kier molecular flexibility index (Phi) is 10.3. The quantitative estimate of drug-likeness (QED) is 0.791. The summed E-state index contributed by atoms with van der Waals surface area (Å²) >= 11 is 0. The van der Waals surface area contributed by atoms with Crippen LogP contribution < -0.4 is 5.32 Å². The van der Waals surface area contributed by atoms with Crippen molar-refractivity contribution in [3.8, 4) is 0 Å². The molecular formula is C11H20NO3Si. The molecule has 0 heterocycles. The van der Waals surface area contributed by atoms with E-state index < -0.39 is 9.53 Å². The Morgan fingerprint density at radius 1 is 1.06 bits per heavy atom. The van der Waals surface area contributed by atoms with Gasteiger partial charge in [-0.25, -0.2) is 0 Å². The van der Waals surface area contributed by atoms with Crippen LogP contribution in [0.2, 0.25) is 0 Å². The summed E-state index contributed by atoms with van der Waals surface area (Å²) in [4.78, 5) is 0. The molecule has 91 valence electrons. The van der Waals surface area contributed by atoms with Gasteiger partial charge in [-0.15, -0.1) is 0 Å².